The van der Waals surface area contributed by atoms with Gasteiger partial charge in [0.25, 0.3) is 5.56 Å². The minimum absolute atomic E-state index is 0.0436. The van der Waals surface area contributed by atoms with Crippen molar-refractivity contribution in [2.45, 2.75) is 31.8 Å². The number of para-hydroxylation sites is 1. The summed E-state index contributed by atoms with van der Waals surface area (Å²) in [5.74, 6) is -0.566. The molecule has 9 heteroatoms. The van der Waals surface area contributed by atoms with E-state index in [0.29, 0.717) is 22.0 Å². The third-order valence-corrected chi connectivity index (χ3v) is 5.50. The van der Waals surface area contributed by atoms with Crippen LogP contribution in [0.3, 0.4) is 0 Å². The van der Waals surface area contributed by atoms with E-state index in [9.17, 15) is 18.0 Å². The summed E-state index contributed by atoms with van der Waals surface area (Å²) in [6.07, 6.45) is -0.857. The molecule has 1 heterocycles. The van der Waals surface area contributed by atoms with Gasteiger partial charge in [0.05, 0.1) is 21.4 Å². The van der Waals surface area contributed by atoms with Crippen LogP contribution >= 0.6 is 0 Å². The van der Waals surface area contributed by atoms with Crippen molar-refractivity contribution in [1.82, 2.24) is 9.97 Å². The average molecular weight is 401 g/mol. The van der Waals surface area contributed by atoms with E-state index in [1.807, 2.05) is 0 Å². The number of hydrogen-bond donors (Lipinski definition) is 2. The molecule has 3 N–H and O–H groups in total. The van der Waals surface area contributed by atoms with Crippen LogP contribution in [0.2, 0.25) is 0 Å². The number of carbonyl (C=O) groups is 1. The molecule has 0 saturated heterocycles. The lowest BCUT2D eigenvalue weighted by atomic mass is 10.1. The molecule has 3 aromatic rings. The molecule has 0 aliphatic heterocycles. The van der Waals surface area contributed by atoms with Gasteiger partial charge in [0.15, 0.2) is 11.9 Å². The van der Waals surface area contributed by atoms with Crippen LogP contribution in [0.1, 0.15) is 40.3 Å². The highest BCUT2D eigenvalue weighted by Gasteiger charge is 2.21. The first kappa shape index (κ1) is 19.7. The van der Waals surface area contributed by atoms with Crippen molar-refractivity contribution in [1.29, 1.82) is 0 Å². The molecule has 1 unspecified atom stereocenters. The zero-order chi connectivity index (χ0) is 20.6. The zero-order valence-electron chi connectivity index (χ0n) is 15.5. The van der Waals surface area contributed by atoms with Gasteiger partial charge in [-0.3, -0.25) is 4.79 Å². The van der Waals surface area contributed by atoms with Crippen molar-refractivity contribution in [3.8, 4) is 0 Å². The second-order valence-electron chi connectivity index (χ2n) is 6.48. The van der Waals surface area contributed by atoms with Crippen LogP contribution in [0.25, 0.3) is 10.9 Å². The summed E-state index contributed by atoms with van der Waals surface area (Å²) >= 11 is 0. The second kappa shape index (κ2) is 7.17. The van der Waals surface area contributed by atoms with Crippen LogP contribution in [-0.2, 0) is 14.8 Å². The lowest BCUT2D eigenvalue weighted by molar-refractivity contribution is 0.0319. The van der Waals surface area contributed by atoms with Gasteiger partial charge in [-0.25, -0.2) is 23.3 Å². The number of H-pyrrole nitrogens is 1. The van der Waals surface area contributed by atoms with E-state index < -0.39 is 22.1 Å². The highest BCUT2D eigenvalue weighted by molar-refractivity contribution is 7.89. The molecule has 0 saturated carbocycles. The van der Waals surface area contributed by atoms with E-state index in [4.69, 9.17) is 9.88 Å². The fourth-order valence-electron chi connectivity index (χ4n) is 2.82. The SMILES string of the molecule is Cc1cc(C(=O)OC(C)c2nc3ccccc3c(=O)[nH]2)cc(S(N)(=O)=O)c1C. The molecule has 0 bridgehead atoms. The van der Waals surface area contributed by atoms with E-state index in [2.05, 4.69) is 9.97 Å². The third kappa shape index (κ3) is 3.80. The smallest absolute Gasteiger partial charge is 0.338 e. The number of primary sulfonamides is 1. The number of fused-ring (bicyclic) bond motifs is 1. The molecule has 2 aromatic carbocycles. The van der Waals surface area contributed by atoms with Gasteiger partial charge in [0, 0.05) is 0 Å². The summed E-state index contributed by atoms with van der Waals surface area (Å²) in [4.78, 5) is 31.5. The van der Waals surface area contributed by atoms with Crippen LogP contribution in [0.4, 0.5) is 0 Å². The van der Waals surface area contributed by atoms with Gasteiger partial charge >= 0.3 is 5.97 Å². The van der Waals surface area contributed by atoms with Crippen molar-refractivity contribution in [2.75, 3.05) is 0 Å². The Bertz CT molecular complexity index is 1250. The summed E-state index contributed by atoms with van der Waals surface area (Å²) in [6.45, 7) is 4.84. The Kier molecular flexibility index (Phi) is 5.05. The number of nitrogens with zero attached hydrogens (tertiary/aromatic N) is 1. The molecule has 8 nitrogen and oxygen atoms in total. The number of esters is 1. The Morgan fingerprint density at radius 2 is 1.89 bits per heavy atom. The van der Waals surface area contributed by atoms with Gasteiger partial charge < -0.3 is 9.72 Å². The molecule has 0 fully saturated rings. The molecular weight excluding hydrogens is 382 g/mol. The minimum atomic E-state index is -3.99. The van der Waals surface area contributed by atoms with E-state index in [1.165, 1.54) is 12.1 Å². The summed E-state index contributed by atoms with van der Waals surface area (Å²) in [5.41, 5.74) is 1.23. The maximum atomic E-state index is 12.5. The highest BCUT2D eigenvalue weighted by Crippen LogP contribution is 2.22. The Morgan fingerprint density at radius 3 is 2.57 bits per heavy atom. The van der Waals surface area contributed by atoms with Crippen LogP contribution in [0, 0.1) is 13.8 Å². The number of sulfonamides is 1. The topological polar surface area (TPSA) is 132 Å². The van der Waals surface area contributed by atoms with Gasteiger partial charge in [-0.1, -0.05) is 12.1 Å². The first-order chi connectivity index (χ1) is 13.1. The normalized spacial score (nSPS) is 12.7. The standard InChI is InChI=1S/C19H19N3O5S/c1-10-8-13(9-16(11(10)2)28(20,25)26)19(24)27-12(3)17-21-15-7-5-4-6-14(15)18(23)22-17/h4-9,12H,1-3H3,(H2,20,25,26)(H,21,22,23). The Hall–Kier alpha value is -3.04. The van der Waals surface area contributed by atoms with Crippen LogP contribution in [0.15, 0.2) is 46.1 Å². The van der Waals surface area contributed by atoms with Crippen molar-refractivity contribution >= 4 is 26.9 Å². The number of carbonyl (C=O) groups excluding carboxylic acids is 1. The fourth-order valence-corrected chi connectivity index (χ4v) is 3.70. The number of hydrogen-bond acceptors (Lipinski definition) is 6. The van der Waals surface area contributed by atoms with Crippen LogP contribution in [0.5, 0.6) is 0 Å². The number of rotatable bonds is 4. The van der Waals surface area contributed by atoms with Crippen molar-refractivity contribution in [3.05, 3.63) is 69.3 Å². The molecule has 1 atom stereocenters. The van der Waals surface area contributed by atoms with E-state index in [1.54, 1.807) is 45.0 Å². The molecule has 0 radical (unpaired) electrons. The fraction of sp³-hybridized carbons (Fsp3) is 0.211. The minimum Gasteiger partial charge on any atom is -0.451 e. The zero-order valence-corrected chi connectivity index (χ0v) is 16.3. The van der Waals surface area contributed by atoms with Gasteiger partial charge in [0.2, 0.25) is 10.0 Å². The quantitative estimate of drug-likeness (QED) is 0.644. The Morgan fingerprint density at radius 1 is 1.21 bits per heavy atom. The first-order valence-corrected chi connectivity index (χ1v) is 9.96. The molecule has 146 valence electrons. The summed E-state index contributed by atoms with van der Waals surface area (Å²) < 4.78 is 28.9. The van der Waals surface area contributed by atoms with Gasteiger partial charge in [-0.05, 0) is 56.2 Å². The number of aryl methyl sites for hydroxylation is 1. The Labute approximate surface area is 161 Å². The molecule has 1 aromatic heterocycles. The van der Waals surface area contributed by atoms with Gasteiger partial charge in [-0.2, -0.15) is 0 Å². The molecule has 0 aliphatic rings. The molecule has 3 rings (SSSR count). The molecule has 0 amide bonds. The van der Waals surface area contributed by atoms with Crippen LogP contribution in [-0.4, -0.2) is 24.4 Å². The maximum absolute atomic E-state index is 12.5. The van der Waals surface area contributed by atoms with Crippen molar-refractivity contribution in [3.63, 3.8) is 0 Å². The average Bonchev–Trinajstić information content (AvgIpc) is 2.62. The summed E-state index contributed by atoms with van der Waals surface area (Å²) in [7, 11) is -3.99. The molecular formula is C19H19N3O5S. The molecule has 0 aliphatic carbocycles. The van der Waals surface area contributed by atoms with Gasteiger partial charge in [0.1, 0.15) is 0 Å². The molecule has 28 heavy (non-hydrogen) atoms. The number of aromatic amines is 1. The summed E-state index contributed by atoms with van der Waals surface area (Å²) in [6, 6.07) is 9.51. The summed E-state index contributed by atoms with van der Waals surface area (Å²) in [5, 5.41) is 5.66. The van der Waals surface area contributed by atoms with Gasteiger partial charge in [-0.15, -0.1) is 0 Å². The third-order valence-electron chi connectivity index (χ3n) is 4.46. The largest absolute Gasteiger partial charge is 0.451 e. The van der Waals surface area contributed by atoms with Crippen molar-refractivity contribution < 1.29 is 17.9 Å². The van der Waals surface area contributed by atoms with E-state index in [-0.39, 0.29) is 21.8 Å². The number of aromatic nitrogens is 2. The van der Waals surface area contributed by atoms with Crippen molar-refractivity contribution in [2.24, 2.45) is 5.14 Å². The maximum Gasteiger partial charge on any atom is 0.338 e. The highest BCUT2D eigenvalue weighted by atomic mass is 32.2. The number of nitrogens with two attached hydrogens (primary N) is 1. The van der Waals surface area contributed by atoms with E-state index in [0.717, 1.165) is 0 Å². The Balaban J connectivity index is 1.93. The van der Waals surface area contributed by atoms with E-state index >= 15 is 0 Å². The number of nitrogens with one attached hydrogen (secondary N) is 1. The molecule has 0 spiro atoms. The van der Waals surface area contributed by atoms with Crippen LogP contribution < -0.4 is 10.7 Å². The second-order valence-corrected chi connectivity index (χ2v) is 8.01. The number of benzene rings is 2. The predicted molar refractivity (Wildman–Crippen MR) is 103 cm³/mol. The number of ether oxygens (including phenoxy) is 1. The lowest BCUT2D eigenvalue weighted by Crippen LogP contribution is -2.19. The monoisotopic (exact) mass is 401 g/mol. The predicted octanol–water partition coefficient (Wildman–Crippen LogP) is 2.11. The first-order valence-electron chi connectivity index (χ1n) is 8.42. The lowest BCUT2D eigenvalue weighted by Gasteiger charge is -2.15.